The summed E-state index contributed by atoms with van der Waals surface area (Å²) >= 11 is 12.0. The lowest BCUT2D eigenvalue weighted by molar-refractivity contribution is 0.354. The Morgan fingerprint density at radius 1 is 0.556 bits per heavy atom. The molecule has 0 saturated carbocycles. The van der Waals surface area contributed by atoms with Crippen molar-refractivity contribution in [3.8, 4) is 11.5 Å². The molecule has 0 aliphatic carbocycles. The van der Waals surface area contributed by atoms with E-state index in [2.05, 4.69) is 15.0 Å². The number of methoxy groups -OCH3 is 2. The Bertz CT molecular complexity index is 2250. The number of aryl methyl sites for hydroxylation is 5. The van der Waals surface area contributed by atoms with Gasteiger partial charge >= 0.3 is 0 Å². The highest BCUT2D eigenvalue weighted by Crippen LogP contribution is 2.32. The fraction of sp³-hybridized carbons (Fsp3) is 0.152. The first-order valence-electron chi connectivity index (χ1n) is 17.2. The standard InChI is InChI=1S/C16H16FN.C16H17NO2.C14H11Cl2N/c1-11-7-12(2)9-14(8-11)16(17)10-15-6-4-5-13(3)18-15;1-12-6-4-8-14(17-12)11-10-13-7-5-9-15(18-2)16(13)19-3;1-10-4-2-6-12(17-10)9-8-11-5-3-7-13(15)14(11)16/h4-10H,1-3H3;4-11H,1-3H3;2-9H,1H3. The Hall–Kier alpha value is -5.56. The van der Waals surface area contributed by atoms with Crippen LogP contribution in [-0.4, -0.2) is 29.2 Å². The number of aromatic nitrogens is 3. The molecule has 0 aliphatic rings. The number of pyridine rings is 3. The molecule has 0 unspecified atom stereocenters. The van der Waals surface area contributed by atoms with Gasteiger partial charge < -0.3 is 9.47 Å². The highest BCUT2D eigenvalue weighted by molar-refractivity contribution is 6.42. The number of ether oxygens (including phenoxy) is 2. The Kier molecular flexibility index (Phi) is 15.7. The molecule has 0 saturated heterocycles. The van der Waals surface area contributed by atoms with Gasteiger partial charge in [0.15, 0.2) is 11.5 Å². The van der Waals surface area contributed by atoms with Gasteiger partial charge in [-0.3, -0.25) is 15.0 Å². The largest absolute Gasteiger partial charge is 0.493 e. The predicted octanol–water partition coefficient (Wildman–Crippen LogP) is 12.9. The molecule has 0 spiro atoms. The molecule has 0 N–H and O–H groups in total. The zero-order valence-electron chi connectivity index (χ0n) is 31.6. The maximum absolute atomic E-state index is 14.1. The van der Waals surface area contributed by atoms with E-state index < -0.39 is 0 Å². The van der Waals surface area contributed by atoms with E-state index in [-0.39, 0.29) is 5.83 Å². The van der Waals surface area contributed by atoms with Crippen LogP contribution in [0.1, 0.15) is 62.0 Å². The van der Waals surface area contributed by atoms with Crippen LogP contribution in [-0.2, 0) is 0 Å². The van der Waals surface area contributed by atoms with Crippen LogP contribution in [0.25, 0.3) is 36.2 Å². The van der Waals surface area contributed by atoms with Crippen molar-refractivity contribution in [1.29, 1.82) is 0 Å². The molecular formula is C46H44Cl2FN3O2. The van der Waals surface area contributed by atoms with E-state index >= 15 is 0 Å². The first-order valence-corrected chi connectivity index (χ1v) is 18.0. The molecule has 3 heterocycles. The molecule has 0 amide bonds. The normalized spacial score (nSPS) is 11.1. The van der Waals surface area contributed by atoms with Crippen molar-refractivity contribution in [3.05, 3.63) is 181 Å². The van der Waals surface area contributed by atoms with Crippen molar-refractivity contribution in [2.24, 2.45) is 0 Å². The minimum Gasteiger partial charge on any atom is -0.493 e. The van der Waals surface area contributed by atoms with Crippen LogP contribution in [0.2, 0.25) is 10.0 Å². The lowest BCUT2D eigenvalue weighted by atomic mass is 10.1. The summed E-state index contributed by atoms with van der Waals surface area (Å²) in [5.41, 5.74) is 9.93. The maximum atomic E-state index is 14.1. The van der Waals surface area contributed by atoms with Gasteiger partial charge in [0.25, 0.3) is 0 Å². The topological polar surface area (TPSA) is 57.1 Å². The Labute approximate surface area is 328 Å². The first kappa shape index (κ1) is 41.2. The van der Waals surface area contributed by atoms with Crippen molar-refractivity contribution < 1.29 is 13.9 Å². The molecule has 3 aromatic heterocycles. The van der Waals surface area contributed by atoms with E-state index in [0.29, 0.717) is 21.3 Å². The second-order valence-electron chi connectivity index (χ2n) is 12.4. The van der Waals surface area contributed by atoms with E-state index in [4.69, 9.17) is 32.7 Å². The average Bonchev–Trinajstić information content (AvgIpc) is 3.14. The number of nitrogens with zero attached hydrogens (tertiary/aromatic N) is 3. The number of hydrogen-bond acceptors (Lipinski definition) is 5. The van der Waals surface area contributed by atoms with Crippen LogP contribution in [0.3, 0.4) is 0 Å². The summed E-state index contributed by atoms with van der Waals surface area (Å²) in [5, 5.41) is 1.13. The van der Waals surface area contributed by atoms with E-state index in [1.807, 2.05) is 156 Å². The van der Waals surface area contributed by atoms with Gasteiger partial charge in [0.1, 0.15) is 5.83 Å². The molecule has 0 radical (unpaired) electrons. The quantitative estimate of drug-likeness (QED) is 0.155. The van der Waals surface area contributed by atoms with Gasteiger partial charge in [0.2, 0.25) is 0 Å². The third-order valence-corrected chi connectivity index (χ3v) is 8.62. The number of hydrogen-bond donors (Lipinski definition) is 0. The van der Waals surface area contributed by atoms with E-state index in [1.54, 1.807) is 26.4 Å². The maximum Gasteiger partial charge on any atom is 0.167 e. The van der Waals surface area contributed by atoms with Crippen LogP contribution in [0.5, 0.6) is 11.5 Å². The second kappa shape index (κ2) is 20.6. The number of halogens is 3. The van der Waals surface area contributed by atoms with Crippen molar-refractivity contribution >= 4 is 59.4 Å². The van der Waals surface area contributed by atoms with E-state index in [9.17, 15) is 4.39 Å². The SMILES string of the molecule is COc1cccc(C=Cc2cccc(C)n2)c1OC.Cc1cc(C)cc(C(F)=Cc2cccc(C)n2)c1.Cc1cccc(C=Cc2cccc(Cl)c2Cl)n1. The molecule has 54 heavy (non-hydrogen) atoms. The fourth-order valence-electron chi connectivity index (χ4n) is 5.33. The number of benzene rings is 3. The monoisotopic (exact) mass is 759 g/mol. The molecule has 0 fully saturated rings. The summed E-state index contributed by atoms with van der Waals surface area (Å²) in [4.78, 5) is 13.1. The van der Waals surface area contributed by atoms with Crippen molar-refractivity contribution in [3.63, 3.8) is 0 Å². The van der Waals surface area contributed by atoms with Gasteiger partial charge in [0, 0.05) is 34.3 Å². The summed E-state index contributed by atoms with van der Waals surface area (Å²) < 4.78 is 24.8. The number of para-hydroxylation sites is 1. The molecule has 6 rings (SSSR count). The zero-order valence-corrected chi connectivity index (χ0v) is 33.1. The van der Waals surface area contributed by atoms with Gasteiger partial charge in [-0.15, -0.1) is 0 Å². The fourth-order valence-corrected chi connectivity index (χ4v) is 5.70. The molecule has 0 atom stereocenters. The van der Waals surface area contributed by atoms with Gasteiger partial charge in [-0.05, 0) is 119 Å². The first-order chi connectivity index (χ1) is 25.9. The molecule has 276 valence electrons. The summed E-state index contributed by atoms with van der Waals surface area (Å²) in [6.07, 6.45) is 9.25. The third-order valence-electron chi connectivity index (χ3n) is 7.78. The zero-order chi connectivity index (χ0) is 39.0. The third kappa shape index (κ3) is 12.8. The summed E-state index contributed by atoms with van der Waals surface area (Å²) in [6, 6.07) is 34.5. The smallest absolute Gasteiger partial charge is 0.167 e. The summed E-state index contributed by atoms with van der Waals surface area (Å²) in [6.45, 7) is 9.77. The van der Waals surface area contributed by atoms with Gasteiger partial charge in [-0.2, -0.15) is 0 Å². The van der Waals surface area contributed by atoms with Crippen LogP contribution < -0.4 is 9.47 Å². The molecule has 3 aromatic carbocycles. The van der Waals surface area contributed by atoms with Crippen molar-refractivity contribution in [2.75, 3.05) is 14.2 Å². The summed E-state index contributed by atoms with van der Waals surface area (Å²) in [7, 11) is 3.27. The average molecular weight is 761 g/mol. The van der Waals surface area contributed by atoms with Gasteiger partial charge in [-0.1, -0.05) is 88.9 Å². The molecule has 0 bridgehead atoms. The van der Waals surface area contributed by atoms with E-state index in [1.165, 1.54) is 6.08 Å². The van der Waals surface area contributed by atoms with Crippen molar-refractivity contribution in [1.82, 2.24) is 15.0 Å². The summed E-state index contributed by atoms with van der Waals surface area (Å²) in [5.74, 6) is 1.20. The van der Waals surface area contributed by atoms with E-state index in [0.717, 1.165) is 62.2 Å². The Morgan fingerprint density at radius 2 is 1.04 bits per heavy atom. The molecule has 0 aliphatic heterocycles. The lowest BCUT2D eigenvalue weighted by Gasteiger charge is -2.09. The highest BCUT2D eigenvalue weighted by atomic mass is 35.5. The lowest BCUT2D eigenvalue weighted by Crippen LogP contribution is -1.92. The molecule has 5 nitrogen and oxygen atoms in total. The minimum absolute atomic E-state index is 0.250. The Balaban J connectivity index is 0.000000181. The number of rotatable bonds is 8. The van der Waals surface area contributed by atoms with Crippen LogP contribution in [0.4, 0.5) is 4.39 Å². The minimum atomic E-state index is -0.250. The molecule has 6 aromatic rings. The molecule has 8 heteroatoms. The highest BCUT2D eigenvalue weighted by Gasteiger charge is 2.07. The van der Waals surface area contributed by atoms with Gasteiger partial charge in [0.05, 0.1) is 41.3 Å². The van der Waals surface area contributed by atoms with Crippen LogP contribution in [0, 0.1) is 34.6 Å². The molecular weight excluding hydrogens is 716 g/mol. The Morgan fingerprint density at radius 3 is 1.57 bits per heavy atom. The van der Waals surface area contributed by atoms with Crippen molar-refractivity contribution in [2.45, 2.75) is 34.6 Å². The van der Waals surface area contributed by atoms with Crippen LogP contribution >= 0.6 is 23.2 Å². The predicted molar refractivity (Wildman–Crippen MR) is 226 cm³/mol. The van der Waals surface area contributed by atoms with Gasteiger partial charge in [-0.25, -0.2) is 4.39 Å². The second-order valence-corrected chi connectivity index (χ2v) is 13.2. The van der Waals surface area contributed by atoms with Crippen LogP contribution in [0.15, 0.2) is 109 Å².